The van der Waals surface area contributed by atoms with Crippen LogP contribution in [0.15, 0.2) is 0 Å². The lowest BCUT2D eigenvalue weighted by atomic mass is 10.1. The Morgan fingerprint density at radius 2 is 2.12 bits per heavy atom. The van der Waals surface area contributed by atoms with Gasteiger partial charge < -0.3 is 5.73 Å². The molecule has 0 radical (unpaired) electrons. The van der Waals surface area contributed by atoms with E-state index in [9.17, 15) is 0 Å². The van der Waals surface area contributed by atoms with Crippen LogP contribution in [0.25, 0.3) is 4.96 Å². The maximum absolute atomic E-state index is 6.13. The number of aromatic nitrogens is 4. The van der Waals surface area contributed by atoms with Gasteiger partial charge in [0.15, 0.2) is 5.82 Å². The molecule has 2 saturated carbocycles. The summed E-state index contributed by atoms with van der Waals surface area (Å²) < 4.78 is 1.93. The van der Waals surface area contributed by atoms with Crippen LogP contribution in [-0.4, -0.2) is 25.9 Å². The van der Waals surface area contributed by atoms with E-state index in [0.29, 0.717) is 5.92 Å². The summed E-state index contributed by atoms with van der Waals surface area (Å²) in [7, 11) is 0. The van der Waals surface area contributed by atoms with Crippen molar-refractivity contribution >= 4 is 16.3 Å². The van der Waals surface area contributed by atoms with Crippen LogP contribution in [0.2, 0.25) is 0 Å². The minimum absolute atomic E-state index is 0.281. The van der Waals surface area contributed by atoms with Crippen LogP contribution < -0.4 is 5.73 Å². The molecule has 2 aromatic rings. The lowest BCUT2D eigenvalue weighted by Gasteiger charge is -2.05. The van der Waals surface area contributed by atoms with Crippen LogP contribution in [0.5, 0.6) is 0 Å². The number of hydrogen-bond donors (Lipinski definition) is 1. The Kier molecular flexibility index (Phi) is 2.05. The SMILES string of the molecule is NC(Cc1nn2c(C3CC3)nnc2s1)C1CC1. The normalized spacial score (nSPS) is 22.2. The number of nitrogens with zero attached hydrogens (tertiary/aromatic N) is 4. The summed E-state index contributed by atoms with van der Waals surface area (Å²) in [5.74, 6) is 2.37. The Hall–Kier alpha value is -1.01. The number of rotatable bonds is 4. The van der Waals surface area contributed by atoms with Gasteiger partial charge in [0.05, 0.1) is 0 Å². The summed E-state index contributed by atoms with van der Waals surface area (Å²) in [6.07, 6.45) is 5.93. The van der Waals surface area contributed by atoms with Crippen molar-refractivity contribution in [2.45, 2.75) is 44.1 Å². The molecular weight excluding hydrogens is 234 g/mol. The molecule has 0 aliphatic heterocycles. The molecule has 2 aliphatic carbocycles. The van der Waals surface area contributed by atoms with Crippen LogP contribution in [-0.2, 0) is 6.42 Å². The highest BCUT2D eigenvalue weighted by atomic mass is 32.1. The van der Waals surface area contributed by atoms with Gasteiger partial charge in [-0.3, -0.25) is 0 Å². The zero-order valence-corrected chi connectivity index (χ0v) is 10.4. The molecule has 0 aromatic carbocycles. The zero-order valence-electron chi connectivity index (χ0n) is 9.54. The Morgan fingerprint density at radius 3 is 2.82 bits per heavy atom. The molecule has 4 rings (SSSR count). The highest BCUT2D eigenvalue weighted by Crippen LogP contribution is 2.39. The maximum Gasteiger partial charge on any atom is 0.234 e. The lowest BCUT2D eigenvalue weighted by Crippen LogP contribution is -2.25. The van der Waals surface area contributed by atoms with Crippen LogP contribution in [0.1, 0.15) is 42.4 Å². The van der Waals surface area contributed by atoms with Crippen LogP contribution in [0.4, 0.5) is 0 Å². The number of hydrogen-bond acceptors (Lipinski definition) is 5. The molecule has 1 unspecified atom stereocenters. The monoisotopic (exact) mass is 249 g/mol. The summed E-state index contributed by atoms with van der Waals surface area (Å²) in [6.45, 7) is 0. The van der Waals surface area contributed by atoms with Crippen molar-refractivity contribution < 1.29 is 0 Å². The second-order valence-corrected chi connectivity index (χ2v) is 6.27. The quantitative estimate of drug-likeness (QED) is 0.888. The van der Waals surface area contributed by atoms with Gasteiger partial charge in [0.2, 0.25) is 4.96 Å². The molecule has 90 valence electrons. The molecule has 0 bridgehead atoms. The van der Waals surface area contributed by atoms with Crippen molar-refractivity contribution in [2.24, 2.45) is 11.7 Å². The van der Waals surface area contributed by atoms with Crippen molar-refractivity contribution in [1.29, 1.82) is 0 Å². The second kappa shape index (κ2) is 3.49. The summed E-state index contributed by atoms with van der Waals surface area (Å²) in [5.41, 5.74) is 6.13. The Bertz CT molecular complexity index is 551. The first kappa shape index (κ1) is 9.96. The molecule has 5 nitrogen and oxygen atoms in total. The molecule has 6 heteroatoms. The molecular formula is C11H15N5S. The summed E-state index contributed by atoms with van der Waals surface area (Å²) >= 11 is 1.64. The molecule has 2 aromatic heterocycles. The first-order valence-electron chi connectivity index (χ1n) is 6.28. The first-order valence-corrected chi connectivity index (χ1v) is 7.09. The fourth-order valence-corrected chi connectivity index (χ4v) is 3.15. The van der Waals surface area contributed by atoms with E-state index >= 15 is 0 Å². The van der Waals surface area contributed by atoms with Crippen LogP contribution >= 0.6 is 11.3 Å². The minimum atomic E-state index is 0.281. The average Bonchev–Trinajstić information content (AvgIpc) is 3.18. The van der Waals surface area contributed by atoms with Gasteiger partial charge in [-0.05, 0) is 31.6 Å². The van der Waals surface area contributed by atoms with E-state index < -0.39 is 0 Å². The minimum Gasteiger partial charge on any atom is -0.327 e. The molecule has 0 saturated heterocycles. The molecule has 2 aliphatic rings. The molecule has 2 heterocycles. The summed E-state index contributed by atoms with van der Waals surface area (Å²) in [4.78, 5) is 0.921. The molecule has 1 atom stereocenters. The third-order valence-corrected chi connectivity index (χ3v) is 4.56. The van der Waals surface area contributed by atoms with E-state index in [1.165, 1.54) is 25.7 Å². The molecule has 2 N–H and O–H groups in total. The van der Waals surface area contributed by atoms with E-state index in [1.54, 1.807) is 11.3 Å². The van der Waals surface area contributed by atoms with Gasteiger partial charge >= 0.3 is 0 Å². The van der Waals surface area contributed by atoms with Crippen molar-refractivity contribution in [3.63, 3.8) is 0 Å². The fraction of sp³-hybridized carbons (Fsp3) is 0.727. The molecule has 0 spiro atoms. The van der Waals surface area contributed by atoms with Gasteiger partial charge in [0.25, 0.3) is 0 Å². The van der Waals surface area contributed by atoms with Gasteiger partial charge in [-0.1, -0.05) is 11.3 Å². The van der Waals surface area contributed by atoms with E-state index in [0.717, 1.165) is 28.1 Å². The Labute approximate surface area is 103 Å². The highest BCUT2D eigenvalue weighted by Gasteiger charge is 2.31. The van der Waals surface area contributed by atoms with Crippen molar-refractivity contribution in [2.75, 3.05) is 0 Å². The number of fused-ring (bicyclic) bond motifs is 1. The highest BCUT2D eigenvalue weighted by molar-refractivity contribution is 7.16. The molecule has 17 heavy (non-hydrogen) atoms. The standard InChI is InChI=1S/C11H15N5S/c12-8(6-1-2-6)5-9-15-16-10(7-3-4-7)13-14-11(16)17-9/h6-8H,1-5,12H2. The van der Waals surface area contributed by atoms with Gasteiger partial charge in [0, 0.05) is 18.4 Å². The molecule has 2 fully saturated rings. The largest absolute Gasteiger partial charge is 0.327 e. The van der Waals surface area contributed by atoms with E-state index in [2.05, 4.69) is 15.3 Å². The van der Waals surface area contributed by atoms with E-state index in [-0.39, 0.29) is 6.04 Å². The van der Waals surface area contributed by atoms with Crippen LogP contribution in [0, 0.1) is 5.92 Å². The lowest BCUT2D eigenvalue weighted by molar-refractivity contribution is 0.585. The van der Waals surface area contributed by atoms with Gasteiger partial charge in [-0.15, -0.1) is 10.2 Å². The van der Waals surface area contributed by atoms with E-state index in [4.69, 9.17) is 5.73 Å². The van der Waals surface area contributed by atoms with Gasteiger partial charge in [-0.2, -0.15) is 9.61 Å². The predicted molar refractivity (Wildman–Crippen MR) is 65.0 cm³/mol. The Morgan fingerprint density at radius 1 is 1.29 bits per heavy atom. The summed E-state index contributed by atoms with van der Waals surface area (Å²) in [6, 6.07) is 0.281. The van der Waals surface area contributed by atoms with Crippen molar-refractivity contribution in [3.8, 4) is 0 Å². The molecule has 0 amide bonds. The first-order chi connectivity index (χ1) is 8.31. The third kappa shape index (κ3) is 1.75. The van der Waals surface area contributed by atoms with E-state index in [1.807, 2.05) is 4.52 Å². The summed E-state index contributed by atoms with van der Waals surface area (Å²) in [5, 5.41) is 14.1. The fourth-order valence-electron chi connectivity index (χ4n) is 2.24. The second-order valence-electron chi connectivity index (χ2n) is 5.23. The van der Waals surface area contributed by atoms with Crippen molar-refractivity contribution in [1.82, 2.24) is 19.8 Å². The third-order valence-electron chi connectivity index (χ3n) is 3.64. The van der Waals surface area contributed by atoms with Crippen molar-refractivity contribution in [3.05, 3.63) is 10.8 Å². The average molecular weight is 249 g/mol. The Balaban J connectivity index is 1.62. The number of nitrogens with two attached hydrogens (primary N) is 1. The smallest absolute Gasteiger partial charge is 0.234 e. The van der Waals surface area contributed by atoms with Crippen LogP contribution in [0.3, 0.4) is 0 Å². The van der Waals surface area contributed by atoms with Gasteiger partial charge in [0.1, 0.15) is 5.01 Å². The van der Waals surface area contributed by atoms with Gasteiger partial charge in [-0.25, -0.2) is 0 Å². The zero-order chi connectivity index (χ0) is 11.4. The predicted octanol–water partition coefficient (Wildman–Crippen LogP) is 1.34. The maximum atomic E-state index is 6.13. The topological polar surface area (TPSA) is 69.1 Å².